The van der Waals surface area contributed by atoms with E-state index in [1.165, 1.54) is 5.56 Å². The van der Waals surface area contributed by atoms with Gasteiger partial charge in [-0.1, -0.05) is 0 Å². The standard InChI is InChI=1S/C11H21N3O.ClH/c1-10(2)14-9-11(8-13-14)7-12-5-4-6-15-3;/h8-10,12H,4-7H2,1-3H3;1H. The fraction of sp³-hybridized carbons (Fsp3) is 0.727. The average Bonchev–Trinajstić information content (AvgIpc) is 2.66. The highest BCUT2D eigenvalue weighted by molar-refractivity contribution is 5.85. The Morgan fingerprint density at radius 3 is 2.81 bits per heavy atom. The molecule has 0 aliphatic heterocycles. The van der Waals surface area contributed by atoms with Gasteiger partial charge < -0.3 is 10.1 Å². The lowest BCUT2D eigenvalue weighted by Gasteiger charge is -2.04. The van der Waals surface area contributed by atoms with E-state index in [0.717, 1.165) is 26.1 Å². The quantitative estimate of drug-likeness (QED) is 0.750. The Kier molecular flexibility index (Phi) is 8.25. The van der Waals surface area contributed by atoms with Gasteiger partial charge in [0.25, 0.3) is 0 Å². The Labute approximate surface area is 104 Å². The van der Waals surface area contributed by atoms with Gasteiger partial charge in [-0.3, -0.25) is 4.68 Å². The molecule has 0 aliphatic rings. The molecule has 4 nitrogen and oxygen atoms in total. The van der Waals surface area contributed by atoms with Crippen molar-refractivity contribution in [3.8, 4) is 0 Å². The van der Waals surface area contributed by atoms with E-state index in [1.54, 1.807) is 7.11 Å². The van der Waals surface area contributed by atoms with Crippen molar-refractivity contribution in [2.45, 2.75) is 32.9 Å². The third kappa shape index (κ3) is 5.49. The van der Waals surface area contributed by atoms with Crippen LogP contribution in [-0.4, -0.2) is 30.0 Å². The van der Waals surface area contributed by atoms with E-state index in [4.69, 9.17) is 4.74 Å². The number of rotatable bonds is 7. The first kappa shape index (κ1) is 15.4. The van der Waals surface area contributed by atoms with Gasteiger partial charge >= 0.3 is 0 Å². The molecule has 0 saturated carbocycles. The van der Waals surface area contributed by atoms with Gasteiger partial charge in [0.05, 0.1) is 6.20 Å². The topological polar surface area (TPSA) is 39.1 Å². The predicted octanol–water partition coefficient (Wildman–Crippen LogP) is 2.01. The molecule has 5 heteroatoms. The molecular formula is C11H22ClN3O. The summed E-state index contributed by atoms with van der Waals surface area (Å²) in [4.78, 5) is 0. The minimum atomic E-state index is 0. The number of methoxy groups -OCH3 is 1. The molecule has 0 aromatic carbocycles. The maximum absolute atomic E-state index is 4.97. The summed E-state index contributed by atoms with van der Waals surface area (Å²) in [5.41, 5.74) is 1.24. The molecule has 16 heavy (non-hydrogen) atoms. The fourth-order valence-electron chi connectivity index (χ4n) is 1.33. The lowest BCUT2D eigenvalue weighted by molar-refractivity contribution is 0.194. The van der Waals surface area contributed by atoms with Gasteiger partial charge in [0.1, 0.15) is 0 Å². The Hall–Kier alpha value is -0.580. The molecule has 0 radical (unpaired) electrons. The van der Waals surface area contributed by atoms with E-state index in [0.29, 0.717) is 6.04 Å². The number of ether oxygens (including phenoxy) is 1. The van der Waals surface area contributed by atoms with Crippen LogP contribution >= 0.6 is 12.4 Å². The lowest BCUT2D eigenvalue weighted by Crippen LogP contribution is -2.15. The zero-order valence-electron chi connectivity index (χ0n) is 10.3. The zero-order chi connectivity index (χ0) is 11.1. The molecule has 1 aromatic rings. The van der Waals surface area contributed by atoms with Crippen LogP contribution < -0.4 is 5.32 Å². The van der Waals surface area contributed by atoms with Crippen LogP contribution in [0.3, 0.4) is 0 Å². The molecule has 0 bridgehead atoms. The first-order valence-corrected chi connectivity index (χ1v) is 5.46. The molecular weight excluding hydrogens is 226 g/mol. The Morgan fingerprint density at radius 1 is 1.50 bits per heavy atom. The van der Waals surface area contributed by atoms with Crippen molar-refractivity contribution >= 4 is 12.4 Å². The third-order valence-corrected chi connectivity index (χ3v) is 2.22. The molecule has 0 atom stereocenters. The number of nitrogens with zero attached hydrogens (tertiary/aromatic N) is 2. The van der Waals surface area contributed by atoms with E-state index in [2.05, 4.69) is 30.5 Å². The molecule has 94 valence electrons. The molecule has 1 aromatic heterocycles. The Bertz CT molecular complexity index is 276. The first-order chi connectivity index (χ1) is 7.24. The van der Waals surface area contributed by atoms with E-state index in [1.807, 2.05) is 10.9 Å². The van der Waals surface area contributed by atoms with Crippen molar-refractivity contribution in [3.05, 3.63) is 18.0 Å². The van der Waals surface area contributed by atoms with E-state index in [-0.39, 0.29) is 12.4 Å². The second kappa shape index (κ2) is 8.56. The first-order valence-electron chi connectivity index (χ1n) is 5.46. The lowest BCUT2D eigenvalue weighted by atomic mass is 10.3. The van der Waals surface area contributed by atoms with Crippen molar-refractivity contribution in [2.75, 3.05) is 20.3 Å². The summed E-state index contributed by atoms with van der Waals surface area (Å²) in [6.07, 6.45) is 5.06. The smallest absolute Gasteiger partial charge is 0.0534 e. The van der Waals surface area contributed by atoms with Crippen LogP contribution in [-0.2, 0) is 11.3 Å². The van der Waals surface area contributed by atoms with E-state index < -0.39 is 0 Å². The fourth-order valence-corrected chi connectivity index (χ4v) is 1.33. The van der Waals surface area contributed by atoms with Gasteiger partial charge in [-0.15, -0.1) is 12.4 Å². The molecule has 0 aliphatic carbocycles. The van der Waals surface area contributed by atoms with Crippen molar-refractivity contribution in [3.63, 3.8) is 0 Å². The highest BCUT2D eigenvalue weighted by Gasteiger charge is 2.00. The molecule has 0 saturated heterocycles. The van der Waals surface area contributed by atoms with Crippen LogP contribution in [0.15, 0.2) is 12.4 Å². The minimum Gasteiger partial charge on any atom is -0.385 e. The maximum Gasteiger partial charge on any atom is 0.0534 e. The molecule has 0 unspecified atom stereocenters. The monoisotopic (exact) mass is 247 g/mol. The van der Waals surface area contributed by atoms with Gasteiger partial charge in [0.15, 0.2) is 0 Å². The maximum atomic E-state index is 4.97. The molecule has 1 N–H and O–H groups in total. The second-order valence-corrected chi connectivity index (χ2v) is 3.95. The van der Waals surface area contributed by atoms with Crippen LogP contribution in [0, 0.1) is 0 Å². The SMILES string of the molecule is COCCCNCc1cnn(C(C)C)c1.Cl. The number of hydrogen-bond donors (Lipinski definition) is 1. The van der Waals surface area contributed by atoms with Crippen molar-refractivity contribution < 1.29 is 4.74 Å². The molecule has 0 amide bonds. The summed E-state index contributed by atoms with van der Waals surface area (Å²) in [5.74, 6) is 0. The molecule has 0 fully saturated rings. The molecule has 1 heterocycles. The van der Waals surface area contributed by atoms with Gasteiger partial charge in [-0.25, -0.2) is 0 Å². The summed E-state index contributed by atoms with van der Waals surface area (Å²) in [7, 11) is 1.73. The number of aromatic nitrogens is 2. The van der Waals surface area contributed by atoms with Crippen LogP contribution in [0.1, 0.15) is 31.9 Å². The van der Waals surface area contributed by atoms with Crippen molar-refractivity contribution in [2.24, 2.45) is 0 Å². The molecule has 1 rings (SSSR count). The summed E-state index contributed by atoms with van der Waals surface area (Å²) in [6.45, 7) is 6.95. The van der Waals surface area contributed by atoms with Gasteiger partial charge in [0, 0.05) is 38.1 Å². The second-order valence-electron chi connectivity index (χ2n) is 3.95. The predicted molar refractivity (Wildman–Crippen MR) is 68.1 cm³/mol. The van der Waals surface area contributed by atoms with Crippen LogP contribution in [0.5, 0.6) is 0 Å². The normalized spacial score (nSPS) is 10.5. The summed E-state index contributed by atoms with van der Waals surface area (Å²) >= 11 is 0. The summed E-state index contributed by atoms with van der Waals surface area (Å²) in [6, 6.07) is 0.437. The Morgan fingerprint density at radius 2 is 2.25 bits per heavy atom. The average molecular weight is 248 g/mol. The van der Waals surface area contributed by atoms with E-state index >= 15 is 0 Å². The third-order valence-electron chi connectivity index (χ3n) is 2.22. The number of nitrogens with one attached hydrogen (secondary N) is 1. The van der Waals surface area contributed by atoms with E-state index in [9.17, 15) is 0 Å². The largest absolute Gasteiger partial charge is 0.385 e. The minimum absolute atomic E-state index is 0. The zero-order valence-corrected chi connectivity index (χ0v) is 11.1. The van der Waals surface area contributed by atoms with Gasteiger partial charge in [-0.05, 0) is 26.8 Å². The number of halogens is 1. The number of hydrogen-bond acceptors (Lipinski definition) is 3. The highest BCUT2D eigenvalue weighted by atomic mass is 35.5. The summed E-state index contributed by atoms with van der Waals surface area (Å²) in [5, 5.41) is 7.64. The Balaban J connectivity index is 0.00000225. The van der Waals surface area contributed by atoms with Crippen LogP contribution in [0.4, 0.5) is 0 Å². The van der Waals surface area contributed by atoms with Crippen molar-refractivity contribution in [1.29, 1.82) is 0 Å². The van der Waals surface area contributed by atoms with Crippen molar-refractivity contribution in [1.82, 2.24) is 15.1 Å². The van der Waals surface area contributed by atoms with Crippen LogP contribution in [0.25, 0.3) is 0 Å². The summed E-state index contributed by atoms with van der Waals surface area (Å²) < 4.78 is 6.95. The van der Waals surface area contributed by atoms with Crippen LogP contribution in [0.2, 0.25) is 0 Å². The van der Waals surface area contributed by atoms with Gasteiger partial charge in [-0.2, -0.15) is 5.10 Å². The highest BCUT2D eigenvalue weighted by Crippen LogP contribution is 2.04. The molecule has 0 spiro atoms. The van der Waals surface area contributed by atoms with Gasteiger partial charge in [0.2, 0.25) is 0 Å².